The van der Waals surface area contributed by atoms with E-state index in [2.05, 4.69) is 12.1 Å². The molecule has 4 nitrogen and oxygen atoms in total. The molecule has 0 N–H and O–H groups in total. The predicted molar refractivity (Wildman–Crippen MR) is 118 cm³/mol. The van der Waals surface area contributed by atoms with Gasteiger partial charge in [0.25, 0.3) is 11.8 Å². The molecule has 0 spiro atoms. The van der Waals surface area contributed by atoms with Crippen LogP contribution in [0.1, 0.15) is 22.3 Å². The first-order valence-corrected chi connectivity index (χ1v) is 10.3. The first kappa shape index (κ1) is 19.2. The zero-order valence-corrected chi connectivity index (χ0v) is 17.1. The molecule has 2 aliphatic rings. The van der Waals surface area contributed by atoms with Gasteiger partial charge in [-0.3, -0.25) is 9.59 Å². The minimum atomic E-state index is -0.414. The Morgan fingerprint density at radius 3 is 2.19 bits per heavy atom. The van der Waals surface area contributed by atoms with Crippen LogP contribution in [0.25, 0.3) is 5.57 Å². The number of imide groups is 1. The average Bonchev–Trinajstić information content (AvgIpc) is 3.05. The minimum Gasteiger partial charge on any atom is -0.362 e. The number of fused-ring (bicyclic) bond motifs is 1. The van der Waals surface area contributed by atoms with Crippen LogP contribution in [0.2, 0.25) is 0 Å². The quantitative estimate of drug-likeness (QED) is 0.596. The molecule has 2 amide bonds. The van der Waals surface area contributed by atoms with E-state index in [1.54, 1.807) is 0 Å². The molecule has 0 aliphatic carbocycles. The lowest BCUT2D eigenvalue weighted by atomic mass is 9.97. The molecule has 0 saturated carbocycles. The number of aryl methyl sites for hydroxylation is 1. The molecule has 0 fully saturated rings. The van der Waals surface area contributed by atoms with Gasteiger partial charge >= 0.3 is 0 Å². The summed E-state index contributed by atoms with van der Waals surface area (Å²) in [5.41, 5.74) is 5.38. The third kappa shape index (κ3) is 3.32. The van der Waals surface area contributed by atoms with Crippen molar-refractivity contribution in [2.24, 2.45) is 0 Å². The Balaban J connectivity index is 1.61. The second kappa shape index (κ2) is 7.51. The highest BCUT2D eigenvalue weighted by molar-refractivity contribution is 6.45. The van der Waals surface area contributed by atoms with Gasteiger partial charge in [-0.15, -0.1) is 0 Å². The fourth-order valence-corrected chi connectivity index (χ4v) is 4.30. The second-order valence-electron chi connectivity index (χ2n) is 7.95. The predicted octanol–water partition coefficient (Wildman–Crippen LogP) is 4.48. The monoisotopic (exact) mass is 412 g/mol. The topological polar surface area (TPSA) is 40.6 Å². The van der Waals surface area contributed by atoms with Crippen molar-refractivity contribution in [3.05, 3.63) is 107 Å². The van der Waals surface area contributed by atoms with E-state index in [0.29, 0.717) is 35.6 Å². The molecule has 0 bridgehead atoms. The number of benzene rings is 3. The van der Waals surface area contributed by atoms with Crippen LogP contribution in [0.4, 0.5) is 10.1 Å². The van der Waals surface area contributed by atoms with Crippen molar-refractivity contribution in [2.75, 3.05) is 11.4 Å². The molecular weight excluding hydrogens is 391 g/mol. The summed E-state index contributed by atoms with van der Waals surface area (Å²) in [7, 11) is 0. The number of nitrogens with zero attached hydrogens (tertiary/aromatic N) is 2. The molecular formula is C26H21FN2O2. The summed E-state index contributed by atoms with van der Waals surface area (Å²) in [5, 5.41) is 0. The van der Waals surface area contributed by atoms with E-state index in [-0.39, 0.29) is 11.8 Å². The van der Waals surface area contributed by atoms with Crippen LogP contribution in [-0.2, 0) is 22.6 Å². The summed E-state index contributed by atoms with van der Waals surface area (Å²) in [6, 6.07) is 21.3. The van der Waals surface area contributed by atoms with Crippen LogP contribution in [0, 0.1) is 12.7 Å². The van der Waals surface area contributed by atoms with Gasteiger partial charge in [0.2, 0.25) is 0 Å². The van der Waals surface area contributed by atoms with Crippen LogP contribution < -0.4 is 4.90 Å². The number of amides is 2. The molecule has 3 aromatic carbocycles. The van der Waals surface area contributed by atoms with Crippen molar-refractivity contribution in [2.45, 2.75) is 19.9 Å². The lowest BCUT2D eigenvalue weighted by molar-refractivity contribution is -0.120. The van der Waals surface area contributed by atoms with E-state index in [1.807, 2.05) is 48.2 Å². The molecule has 0 unspecified atom stereocenters. The largest absolute Gasteiger partial charge is 0.362 e. The summed E-state index contributed by atoms with van der Waals surface area (Å²) in [5.74, 6) is -1.16. The molecule has 5 rings (SSSR count). The van der Waals surface area contributed by atoms with Crippen molar-refractivity contribution in [3.8, 4) is 0 Å². The highest BCUT2D eigenvalue weighted by Gasteiger charge is 2.43. The van der Waals surface area contributed by atoms with E-state index in [1.165, 1.54) is 29.8 Å². The maximum absolute atomic E-state index is 13.6. The maximum Gasteiger partial charge on any atom is 0.282 e. The zero-order valence-electron chi connectivity index (χ0n) is 17.1. The van der Waals surface area contributed by atoms with Crippen molar-refractivity contribution < 1.29 is 14.0 Å². The third-order valence-electron chi connectivity index (χ3n) is 5.93. The minimum absolute atomic E-state index is 0.369. The summed E-state index contributed by atoms with van der Waals surface area (Å²) >= 11 is 0. The first-order valence-electron chi connectivity index (χ1n) is 10.3. The van der Waals surface area contributed by atoms with Gasteiger partial charge in [0.15, 0.2) is 0 Å². The van der Waals surface area contributed by atoms with E-state index in [4.69, 9.17) is 0 Å². The number of hydrogen-bond acceptors (Lipinski definition) is 3. The molecule has 0 saturated heterocycles. The summed E-state index contributed by atoms with van der Waals surface area (Å²) in [6.45, 7) is 3.20. The van der Waals surface area contributed by atoms with E-state index in [9.17, 15) is 14.0 Å². The average molecular weight is 412 g/mol. The molecule has 0 radical (unpaired) electrons. The lowest BCUT2D eigenvalue weighted by Gasteiger charge is -2.31. The van der Waals surface area contributed by atoms with Gasteiger partial charge in [0.05, 0.1) is 11.3 Å². The van der Waals surface area contributed by atoms with Crippen LogP contribution in [0.5, 0.6) is 0 Å². The van der Waals surface area contributed by atoms with E-state index in [0.717, 1.165) is 22.4 Å². The molecule has 2 heterocycles. The molecule has 0 aromatic heterocycles. The summed E-state index contributed by atoms with van der Waals surface area (Å²) in [4.78, 5) is 30.2. The lowest BCUT2D eigenvalue weighted by Crippen LogP contribution is -2.37. The Kier molecular flexibility index (Phi) is 4.66. The third-order valence-corrected chi connectivity index (χ3v) is 5.93. The van der Waals surface area contributed by atoms with E-state index >= 15 is 0 Å². The molecule has 0 atom stereocenters. The smallest absolute Gasteiger partial charge is 0.282 e. The fourth-order valence-electron chi connectivity index (χ4n) is 4.30. The number of halogens is 1. The Morgan fingerprint density at radius 2 is 1.48 bits per heavy atom. The standard InChI is InChI=1S/C26H21FN2O2/c1-17-6-8-19(9-7-17)23-24(28-15-14-18-4-2-3-5-20(18)16-28)26(31)29(25(23)30)22-12-10-21(27)11-13-22/h2-13H,14-16H2,1H3. The van der Waals surface area contributed by atoms with Gasteiger partial charge in [0.1, 0.15) is 11.5 Å². The number of carbonyl (C=O) groups is 2. The number of hydrogen-bond donors (Lipinski definition) is 0. The van der Waals surface area contributed by atoms with Gasteiger partial charge in [-0.05, 0) is 54.3 Å². The molecule has 2 aliphatic heterocycles. The normalized spacial score (nSPS) is 16.2. The maximum atomic E-state index is 13.6. The molecule has 3 aromatic rings. The van der Waals surface area contributed by atoms with Crippen LogP contribution in [0.3, 0.4) is 0 Å². The fraction of sp³-hybridized carbons (Fsp3) is 0.154. The van der Waals surface area contributed by atoms with Crippen molar-refractivity contribution >= 4 is 23.1 Å². The Labute approximate surface area is 180 Å². The molecule has 154 valence electrons. The van der Waals surface area contributed by atoms with Gasteiger partial charge < -0.3 is 4.90 Å². The molecule has 31 heavy (non-hydrogen) atoms. The van der Waals surface area contributed by atoms with Crippen molar-refractivity contribution in [1.82, 2.24) is 4.90 Å². The van der Waals surface area contributed by atoms with Crippen molar-refractivity contribution in [1.29, 1.82) is 0 Å². The summed E-state index contributed by atoms with van der Waals surface area (Å²) < 4.78 is 13.4. The Hall–Kier alpha value is -3.73. The number of rotatable bonds is 3. The van der Waals surface area contributed by atoms with Crippen LogP contribution in [-0.4, -0.2) is 23.3 Å². The highest BCUT2D eigenvalue weighted by Crippen LogP contribution is 2.36. The SMILES string of the molecule is Cc1ccc(C2=C(N3CCc4ccccc4C3)C(=O)N(c3ccc(F)cc3)C2=O)cc1. The van der Waals surface area contributed by atoms with Gasteiger partial charge in [-0.1, -0.05) is 54.1 Å². The second-order valence-corrected chi connectivity index (χ2v) is 7.95. The number of anilines is 1. The molecule has 5 heteroatoms. The Morgan fingerprint density at radius 1 is 0.806 bits per heavy atom. The zero-order chi connectivity index (χ0) is 21.5. The van der Waals surface area contributed by atoms with Crippen molar-refractivity contribution in [3.63, 3.8) is 0 Å². The van der Waals surface area contributed by atoms with Gasteiger partial charge in [-0.25, -0.2) is 9.29 Å². The Bertz CT molecular complexity index is 1210. The highest BCUT2D eigenvalue weighted by atomic mass is 19.1. The van der Waals surface area contributed by atoms with Crippen LogP contribution >= 0.6 is 0 Å². The summed E-state index contributed by atoms with van der Waals surface area (Å²) in [6.07, 6.45) is 0.804. The first-order chi connectivity index (χ1) is 15.0. The van der Waals surface area contributed by atoms with Gasteiger partial charge in [0, 0.05) is 13.1 Å². The van der Waals surface area contributed by atoms with Gasteiger partial charge in [-0.2, -0.15) is 0 Å². The number of carbonyl (C=O) groups excluding carboxylic acids is 2. The van der Waals surface area contributed by atoms with Crippen LogP contribution in [0.15, 0.2) is 78.5 Å². The van der Waals surface area contributed by atoms with E-state index < -0.39 is 5.82 Å².